The number of allylic oxidation sites excluding steroid dienone is 3. The van der Waals surface area contributed by atoms with Crippen LogP contribution in [0.1, 0.15) is 38.2 Å². The molecule has 1 fully saturated rings. The van der Waals surface area contributed by atoms with Crippen molar-refractivity contribution in [2.45, 2.75) is 44.3 Å². The molecule has 1 unspecified atom stereocenters. The predicted molar refractivity (Wildman–Crippen MR) is 109 cm³/mol. The highest BCUT2D eigenvalue weighted by Crippen LogP contribution is 2.50. The van der Waals surface area contributed by atoms with Crippen LogP contribution in [-0.4, -0.2) is 39.6 Å². The van der Waals surface area contributed by atoms with Gasteiger partial charge in [0.05, 0.1) is 5.54 Å². The van der Waals surface area contributed by atoms with E-state index in [2.05, 4.69) is 34.3 Å². The van der Waals surface area contributed by atoms with Gasteiger partial charge in [-0.3, -0.25) is 4.79 Å². The summed E-state index contributed by atoms with van der Waals surface area (Å²) in [7, 11) is 0. The van der Waals surface area contributed by atoms with Gasteiger partial charge >= 0.3 is 0 Å². The zero-order valence-electron chi connectivity index (χ0n) is 16.3. The fourth-order valence-corrected chi connectivity index (χ4v) is 4.74. The predicted octanol–water partition coefficient (Wildman–Crippen LogP) is 4.48. The van der Waals surface area contributed by atoms with E-state index in [1.165, 1.54) is 0 Å². The Morgan fingerprint density at radius 1 is 1.36 bits per heavy atom. The Morgan fingerprint density at radius 2 is 2.11 bits per heavy atom. The second-order valence-electron chi connectivity index (χ2n) is 7.53. The molecule has 5 heteroatoms. The van der Waals surface area contributed by atoms with E-state index in [-0.39, 0.29) is 5.91 Å². The lowest BCUT2D eigenvalue weighted by molar-refractivity contribution is -0.133. The van der Waals surface area contributed by atoms with E-state index in [1.807, 2.05) is 42.4 Å². The van der Waals surface area contributed by atoms with Crippen molar-refractivity contribution in [1.29, 1.82) is 0 Å². The summed E-state index contributed by atoms with van der Waals surface area (Å²) in [6.07, 6.45) is 8.87. The number of carbonyl (C=O) groups is 1. The highest BCUT2D eigenvalue weighted by molar-refractivity contribution is 5.77. The number of piperidine rings is 1. The van der Waals surface area contributed by atoms with Crippen LogP contribution in [-0.2, 0) is 10.3 Å². The van der Waals surface area contributed by atoms with Crippen LogP contribution in [0.4, 0.5) is 4.39 Å². The lowest BCUT2D eigenvalue weighted by atomic mass is 9.78. The topological polar surface area (TPSA) is 38.1 Å². The number of nitrogens with zero attached hydrogens (tertiary/aromatic N) is 3. The van der Waals surface area contributed by atoms with Gasteiger partial charge in [-0.25, -0.2) is 9.37 Å². The van der Waals surface area contributed by atoms with Crippen LogP contribution in [0.2, 0.25) is 0 Å². The van der Waals surface area contributed by atoms with Crippen LogP contribution in [0.15, 0.2) is 61.0 Å². The summed E-state index contributed by atoms with van der Waals surface area (Å²) in [6, 6.07) is 8.25. The number of fused-ring (bicyclic) bond motifs is 3. The number of aromatic nitrogens is 2. The number of amides is 1. The largest absolute Gasteiger partial charge is 0.342 e. The first-order chi connectivity index (χ1) is 13.6. The molecule has 2 aliphatic heterocycles. The van der Waals surface area contributed by atoms with Crippen molar-refractivity contribution < 1.29 is 9.18 Å². The molecule has 1 aromatic carbocycles. The zero-order chi connectivity index (χ0) is 19.7. The molecule has 2 aromatic rings. The summed E-state index contributed by atoms with van der Waals surface area (Å²) in [5.74, 6) is 1.01. The zero-order valence-corrected chi connectivity index (χ0v) is 16.3. The molecule has 2 aliphatic rings. The van der Waals surface area contributed by atoms with Gasteiger partial charge in [-0.1, -0.05) is 43.0 Å². The third-order valence-electron chi connectivity index (χ3n) is 6.15. The van der Waals surface area contributed by atoms with Crippen LogP contribution in [0.5, 0.6) is 0 Å². The monoisotopic (exact) mass is 379 g/mol. The van der Waals surface area contributed by atoms with Gasteiger partial charge in [0, 0.05) is 37.5 Å². The van der Waals surface area contributed by atoms with E-state index in [4.69, 9.17) is 0 Å². The summed E-state index contributed by atoms with van der Waals surface area (Å²) in [5.41, 5.74) is 2.82. The number of imidazole rings is 1. The van der Waals surface area contributed by atoms with Crippen molar-refractivity contribution in [1.82, 2.24) is 14.5 Å². The molecule has 0 saturated carbocycles. The molecular weight excluding hydrogens is 353 g/mol. The molecule has 0 N–H and O–H groups in total. The van der Waals surface area contributed by atoms with Gasteiger partial charge in [-0.15, -0.1) is 0 Å². The van der Waals surface area contributed by atoms with E-state index in [1.54, 1.807) is 0 Å². The highest BCUT2D eigenvalue weighted by Gasteiger charge is 2.45. The number of hydrogen-bond acceptors (Lipinski definition) is 2. The van der Waals surface area contributed by atoms with E-state index < -0.39 is 11.7 Å². The molecule has 0 bridgehead atoms. The van der Waals surface area contributed by atoms with Crippen molar-refractivity contribution in [2.75, 3.05) is 13.1 Å². The van der Waals surface area contributed by atoms with Crippen LogP contribution in [0.3, 0.4) is 0 Å². The molecule has 1 aromatic heterocycles. The van der Waals surface area contributed by atoms with Crippen molar-refractivity contribution >= 4 is 5.91 Å². The van der Waals surface area contributed by atoms with Gasteiger partial charge in [0.2, 0.25) is 5.91 Å². The molecule has 1 amide bonds. The van der Waals surface area contributed by atoms with Gasteiger partial charge in [0.25, 0.3) is 0 Å². The van der Waals surface area contributed by atoms with E-state index in [0.29, 0.717) is 38.8 Å². The average molecular weight is 379 g/mol. The second-order valence-corrected chi connectivity index (χ2v) is 7.53. The summed E-state index contributed by atoms with van der Waals surface area (Å²) in [4.78, 5) is 19.3. The first-order valence-electron chi connectivity index (χ1n) is 9.96. The Labute approximate surface area is 165 Å². The third kappa shape index (κ3) is 2.81. The molecule has 28 heavy (non-hydrogen) atoms. The van der Waals surface area contributed by atoms with Crippen molar-refractivity contribution in [3.63, 3.8) is 0 Å². The van der Waals surface area contributed by atoms with E-state index >= 15 is 0 Å². The summed E-state index contributed by atoms with van der Waals surface area (Å²) < 4.78 is 15.6. The van der Waals surface area contributed by atoms with Gasteiger partial charge in [0.1, 0.15) is 12.0 Å². The molecular formula is C23H26FN3O. The van der Waals surface area contributed by atoms with Gasteiger partial charge in [-0.05, 0) is 37.3 Å². The van der Waals surface area contributed by atoms with Crippen LogP contribution < -0.4 is 0 Å². The summed E-state index contributed by atoms with van der Waals surface area (Å²) in [6.45, 7) is 7.07. The maximum atomic E-state index is 13.4. The number of likely N-dealkylation sites (tertiary alicyclic amines) is 1. The Morgan fingerprint density at radius 3 is 2.82 bits per heavy atom. The minimum atomic E-state index is -0.777. The number of rotatable bonds is 5. The maximum Gasteiger partial charge on any atom is 0.222 e. The average Bonchev–Trinajstić information content (AvgIpc) is 3.30. The Hall–Kier alpha value is -2.69. The molecule has 0 radical (unpaired) electrons. The van der Waals surface area contributed by atoms with Crippen LogP contribution in [0.25, 0.3) is 11.4 Å². The lowest BCUT2D eigenvalue weighted by Crippen LogP contribution is -2.41. The number of benzene rings is 1. The standard InChI is InChI=1S/C23H26FN3O/c1-3-17(4-2)23(12-9-21(28)26-14-10-18(24)11-15-26)20-8-6-5-7-19(20)22-25-13-16-27(22)23/h3-8,13,16,18H,1,9-12,14-15H2,2H3/b17-4+. The van der Waals surface area contributed by atoms with E-state index in [9.17, 15) is 9.18 Å². The summed E-state index contributed by atoms with van der Waals surface area (Å²) in [5, 5.41) is 0. The normalized spacial score (nSPS) is 22.1. The Kier molecular flexibility index (Phi) is 4.92. The maximum absolute atomic E-state index is 13.4. The fourth-order valence-electron chi connectivity index (χ4n) is 4.74. The number of carbonyl (C=O) groups excluding carboxylic acids is 1. The molecule has 0 spiro atoms. The molecule has 1 saturated heterocycles. The van der Waals surface area contributed by atoms with Gasteiger partial charge < -0.3 is 9.47 Å². The van der Waals surface area contributed by atoms with E-state index in [0.717, 1.165) is 22.5 Å². The quantitative estimate of drug-likeness (QED) is 0.719. The SMILES string of the molecule is C=C/C(=C\C)C1(CCC(=O)N2CCC(F)CC2)c2ccccc2-c2nccn21. The Balaban J connectivity index is 1.70. The number of halogens is 1. The van der Waals surface area contributed by atoms with Crippen molar-refractivity contribution in [3.05, 3.63) is 66.5 Å². The smallest absolute Gasteiger partial charge is 0.222 e. The van der Waals surface area contributed by atoms with Crippen molar-refractivity contribution in [2.24, 2.45) is 0 Å². The molecule has 0 aliphatic carbocycles. The lowest BCUT2D eigenvalue weighted by Gasteiger charge is -2.35. The third-order valence-corrected chi connectivity index (χ3v) is 6.15. The highest BCUT2D eigenvalue weighted by atomic mass is 19.1. The molecule has 1 atom stereocenters. The van der Waals surface area contributed by atoms with Crippen LogP contribution >= 0.6 is 0 Å². The van der Waals surface area contributed by atoms with Crippen molar-refractivity contribution in [3.8, 4) is 11.4 Å². The second kappa shape index (κ2) is 7.38. The molecule has 146 valence electrons. The first kappa shape index (κ1) is 18.7. The van der Waals surface area contributed by atoms with Crippen LogP contribution in [0, 0.1) is 0 Å². The Bertz CT molecular complexity index is 923. The van der Waals surface area contributed by atoms with Gasteiger partial charge in [0.15, 0.2) is 0 Å². The minimum absolute atomic E-state index is 0.0943. The summed E-state index contributed by atoms with van der Waals surface area (Å²) >= 11 is 0. The number of alkyl halides is 1. The van der Waals surface area contributed by atoms with Gasteiger partial charge in [-0.2, -0.15) is 0 Å². The molecule has 3 heterocycles. The molecule has 4 nitrogen and oxygen atoms in total. The first-order valence-corrected chi connectivity index (χ1v) is 9.96. The minimum Gasteiger partial charge on any atom is -0.342 e. The molecule has 4 rings (SSSR count). The fraction of sp³-hybridized carbons (Fsp3) is 0.391. The number of hydrogen-bond donors (Lipinski definition) is 0.